The molecule has 0 unspecified atom stereocenters. The third-order valence-electron chi connectivity index (χ3n) is 1.58. The largest absolute Gasteiger partial charge is 0.262 e. The minimum atomic E-state index is 1.05. The van der Waals surface area contributed by atoms with Crippen molar-refractivity contribution < 1.29 is 0 Å². The molecular weight excluding hydrogens is 122 g/mol. The maximum absolute atomic E-state index is 4.07. The molecule has 0 aromatic rings. The monoisotopic (exact) mass is 137 g/mol. The highest BCUT2D eigenvalue weighted by Gasteiger charge is 1.93. The van der Waals surface area contributed by atoms with Crippen molar-refractivity contribution in [1.82, 2.24) is 0 Å². The standard InChI is InChI=1S/C9H15N/c1-6-10-9(5)8(4)7(2)3/h6H,1H2,2-5H3. The lowest BCUT2D eigenvalue weighted by atomic mass is 10.1. The van der Waals surface area contributed by atoms with Crippen LogP contribution in [0.1, 0.15) is 27.7 Å². The van der Waals surface area contributed by atoms with E-state index in [0.717, 1.165) is 5.71 Å². The summed E-state index contributed by atoms with van der Waals surface area (Å²) in [5.41, 5.74) is 3.61. The fraction of sp³-hybridized carbons (Fsp3) is 0.444. The highest BCUT2D eigenvalue weighted by molar-refractivity contribution is 5.98. The molecule has 0 saturated carbocycles. The summed E-state index contributed by atoms with van der Waals surface area (Å²) in [4.78, 5) is 4.07. The Morgan fingerprint density at radius 2 is 1.70 bits per heavy atom. The van der Waals surface area contributed by atoms with Crippen LogP contribution in [0.2, 0.25) is 0 Å². The molecular formula is C9H15N. The Balaban J connectivity index is 4.51. The molecule has 0 fully saturated rings. The van der Waals surface area contributed by atoms with E-state index in [1.54, 1.807) is 6.20 Å². The second-order valence-corrected chi connectivity index (χ2v) is 2.52. The summed E-state index contributed by atoms with van der Waals surface area (Å²) in [7, 11) is 0. The van der Waals surface area contributed by atoms with E-state index in [1.807, 2.05) is 6.92 Å². The Morgan fingerprint density at radius 3 is 2.00 bits per heavy atom. The molecule has 0 aliphatic carbocycles. The highest BCUT2D eigenvalue weighted by Crippen LogP contribution is 2.03. The molecule has 0 bridgehead atoms. The summed E-state index contributed by atoms with van der Waals surface area (Å²) < 4.78 is 0. The lowest BCUT2D eigenvalue weighted by Crippen LogP contribution is -1.93. The molecule has 0 spiro atoms. The molecule has 0 rings (SSSR count). The maximum atomic E-state index is 4.07. The second-order valence-electron chi connectivity index (χ2n) is 2.52. The molecule has 0 amide bonds. The maximum Gasteiger partial charge on any atom is 0.0400 e. The third-order valence-corrected chi connectivity index (χ3v) is 1.58. The predicted molar refractivity (Wildman–Crippen MR) is 47.4 cm³/mol. The lowest BCUT2D eigenvalue weighted by Gasteiger charge is -2.00. The van der Waals surface area contributed by atoms with Crippen molar-refractivity contribution in [2.24, 2.45) is 4.99 Å². The van der Waals surface area contributed by atoms with E-state index in [4.69, 9.17) is 0 Å². The van der Waals surface area contributed by atoms with Crippen LogP contribution in [0.4, 0.5) is 0 Å². The Bertz CT molecular complexity index is 181. The van der Waals surface area contributed by atoms with Gasteiger partial charge in [-0.15, -0.1) is 0 Å². The van der Waals surface area contributed by atoms with Gasteiger partial charge in [-0.2, -0.15) is 0 Å². The van der Waals surface area contributed by atoms with Crippen LogP contribution in [0.15, 0.2) is 28.9 Å². The number of aliphatic imine (C=N–C) groups is 1. The first-order valence-electron chi connectivity index (χ1n) is 3.39. The Labute approximate surface area is 63.2 Å². The first kappa shape index (κ1) is 9.15. The second kappa shape index (κ2) is 4.04. The van der Waals surface area contributed by atoms with Gasteiger partial charge in [0.2, 0.25) is 0 Å². The van der Waals surface area contributed by atoms with E-state index in [9.17, 15) is 0 Å². The molecule has 0 aromatic carbocycles. The predicted octanol–water partition coefficient (Wildman–Crippen LogP) is 2.95. The molecule has 0 heterocycles. The van der Waals surface area contributed by atoms with Crippen LogP contribution >= 0.6 is 0 Å². The quantitative estimate of drug-likeness (QED) is 0.519. The Kier molecular flexibility index (Phi) is 3.70. The summed E-state index contributed by atoms with van der Waals surface area (Å²) in [6, 6.07) is 0. The van der Waals surface area contributed by atoms with E-state index in [2.05, 4.69) is 32.3 Å². The Morgan fingerprint density at radius 1 is 1.20 bits per heavy atom. The SMILES string of the molecule is C=CN=C(C)C(C)=C(C)C. The van der Waals surface area contributed by atoms with Crippen molar-refractivity contribution in [2.75, 3.05) is 0 Å². The van der Waals surface area contributed by atoms with Gasteiger partial charge in [-0.3, -0.25) is 4.99 Å². The van der Waals surface area contributed by atoms with Crippen LogP contribution in [0.3, 0.4) is 0 Å². The van der Waals surface area contributed by atoms with Gasteiger partial charge in [0, 0.05) is 11.9 Å². The van der Waals surface area contributed by atoms with E-state index < -0.39 is 0 Å². The highest BCUT2D eigenvalue weighted by atomic mass is 14.7. The van der Waals surface area contributed by atoms with Gasteiger partial charge in [0.15, 0.2) is 0 Å². The van der Waals surface area contributed by atoms with E-state index in [0.29, 0.717) is 0 Å². The fourth-order valence-electron chi connectivity index (χ4n) is 0.596. The van der Waals surface area contributed by atoms with Gasteiger partial charge in [-0.1, -0.05) is 12.2 Å². The average molecular weight is 137 g/mol. The van der Waals surface area contributed by atoms with Crippen LogP contribution in [0.5, 0.6) is 0 Å². The van der Waals surface area contributed by atoms with E-state index in [-0.39, 0.29) is 0 Å². The van der Waals surface area contributed by atoms with Crippen LogP contribution in [0.25, 0.3) is 0 Å². The zero-order valence-electron chi connectivity index (χ0n) is 7.23. The van der Waals surface area contributed by atoms with Crippen LogP contribution in [0, 0.1) is 0 Å². The molecule has 0 aliphatic heterocycles. The van der Waals surface area contributed by atoms with Crippen molar-refractivity contribution in [3.8, 4) is 0 Å². The van der Waals surface area contributed by atoms with Crippen molar-refractivity contribution in [3.63, 3.8) is 0 Å². The molecule has 10 heavy (non-hydrogen) atoms. The Hall–Kier alpha value is -0.850. The number of nitrogens with zero attached hydrogens (tertiary/aromatic N) is 1. The fourth-order valence-corrected chi connectivity index (χ4v) is 0.596. The molecule has 0 atom stereocenters. The smallest absolute Gasteiger partial charge is 0.0400 e. The number of hydrogen-bond donors (Lipinski definition) is 0. The number of rotatable bonds is 2. The minimum Gasteiger partial charge on any atom is -0.262 e. The summed E-state index contributed by atoms with van der Waals surface area (Å²) >= 11 is 0. The van der Waals surface area contributed by atoms with Crippen molar-refractivity contribution in [3.05, 3.63) is 23.9 Å². The summed E-state index contributed by atoms with van der Waals surface area (Å²) in [6.07, 6.45) is 1.57. The number of allylic oxidation sites excluding steroid dienone is 2. The topological polar surface area (TPSA) is 12.4 Å². The molecule has 0 aliphatic rings. The normalized spacial score (nSPS) is 11.0. The molecule has 0 N–H and O–H groups in total. The van der Waals surface area contributed by atoms with Gasteiger partial charge >= 0.3 is 0 Å². The molecule has 0 aromatic heterocycles. The van der Waals surface area contributed by atoms with Crippen molar-refractivity contribution in [1.29, 1.82) is 0 Å². The zero-order chi connectivity index (χ0) is 8.15. The van der Waals surface area contributed by atoms with Crippen LogP contribution in [-0.4, -0.2) is 5.71 Å². The van der Waals surface area contributed by atoms with Crippen molar-refractivity contribution >= 4 is 5.71 Å². The molecule has 56 valence electrons. The van der Waals surface area contributed by atoms with Crippen LogP contribution < -0.4 is 0 Å². The van der Waals surface area contributed by atoms with Gasteiger partial charge in [-0.25, -0.2) is 0 Å². The van der Waals surface area contributed by atoms with Gasteiger partial charge in [-0.05, 0) is 33.3 Å². The molecule has 1 heteroatoms. The third kappa shape index (κ3) is 2.62. The summed E-state index contributed by atoms with van der Waals surface area (Å²) in [5.74, 6) is 0. The van der Waals surface area contributed by atoms with E-state index >= 15 is 0 Å². The zero-order valence-corrected chi connectivity index (χ0v) is 7.23. The van der Waals surface area contributed by atoms with Crippen molar-refractivity contribution in [2.45, 2.75) is 27.7 Å². The van der Waals surface area contributed by atoms with E-state index in [1.165, 1.54) is 11.1 Å². The van der Waals surface area contributed by atoms with Gasteiger partial charge < -0.3 is 0 Å². The van der Waals surface area contributed by atoms with Gasteiger partial charge in [0.25, 0.3) is 0 Å². The molecule has 0 saturated heterocycles. The summed E-state index contributed by atoms with van der Waals surface area (Å²) in [6.45, 7) is 11.8. The molecule has 1 nitrogen and oxygen atoms in total. The first-order chi connectivity index (χ1) is 4.59. The first-order valence-corrected chi connectivity index (χ1v) is 3.39. The average Bonchev–Trinajstić information content (AvgIpc) is 1.87. The van der Waals surface area contributed by atoms with Gasteiger partial charge in [0.05, 0.1) is 0 Å². The molecule has 0 radical (unpaired) electrons. The lowest BCUT2D eigenvalue weighted by molar-refractivity contribution is 1.30. The van der Waals surface area contributed by atoms with Gasteiger partial charge in [0.1, 0.15) is 0 Å². The minimum absolute atomic E-state index is 1.05. The number of hydrogen-bond acceptors (Lipinski definition) is 1. The van der Waals surface area contributed by atoms with Crippen LogP contribution in [-0.2, 0) is 0 Å². The summed E-state index contributed by atoms with van der Waals surface area (Å²) in [5, 5.41) is 0.